The van der Waals surface area contributed by atoms with E-state index in [-0.39, 0.29) is 11.0 Å². The SMILES string of the molecule is COc1ccc(-c2cnc3c(C(F)(F)F)cccc3n2)cc1. The lowest BCUT2D eigenvalue weighted by molar-refractivity contribution is -0.136. The van der Waals surface area contributed by atoms with E-state index in [9.17, 15) is 13.2 Å². The molecule has 0 radical (unpaired) electrons. The van der Waals surface area contributed by atoms with Crippen molar-refractivity contribution >= 4 is 11.0 Å². The molecule has 0 saturated carbocycles. The van der Waals surface area contributed by atoms with Gasteiger partial charge < -0.3 is 4.74 Å². The number of nitrogens with zero attached hydrogens (tertiary/aromatic N) is 2. The summed E-state index contributed by atoms with van der Waals surface area (Å²) in [7, 11) is 1.56. The second-order valence-corrected chi connectivity index (χ2v) is 4.65. The van der Waals surface area contributed by atoms with Crippen molar-refractivity contribution in [2.24, 2.45) is 0 Å². The van der Waals surface area contributed by atoms with E-state index < -0.39 is 11.7 Å². The number of hydrogen-bond acceptors (Lipinski definition) is 3. The predicted octanol–water partition coefficient (Wildman–Crippen LogP) is 4.32. The van der Waals surface area contributed by atoms with Crippen molar-refractivity contribution in [3.63, 3.8) is 0 Å². The molecule has 6 heteroatoms. The van der Waals surface area contributed by atoms with Crippen molar-refractivity contribution in [3.8, 4) is 17.0 Å². The van der Waals surface area contributed by atoms with Gasteiger partial charge in [-0.25, -0.2) is 4.98 Å². The summed E-state index contributed by atoms with van der Waals surface area (Å²) >= 11 is 0. The van der Waals surface area contributed by atoms with Crippen molar-refractivity contribution < 1.29 is 17.9 Å². The van der Waals surface area contributed by atoms with Gasteiger partial charge in [-0.05, 0) is 36.4 Å². The first-order valence-electron chi connectivity index (χ1n) is 6.46. The molecule has 0 unspecified atom stereocenters. The van der Waals surface area contributed by atoms with E-state index in [4.69, 9.17) is 4.74 Å². The van der Waals surface area contributed by atoms with E-state index in [1.165, 1.54) is 18.3 Å². The Balaban J connectivity index is 2.10. The summed E-state index contributed by atoms with van der Waals surface area (Å²) in [5.41, 5.74) is 0.552. The van der Waals surface area contributed by atoms with Gasteiger partial charge in [0.2, 0.25) is 0 Å². The molecule has 3 rings (SSSR count). The number of hydrogen-bond donors (Lipinski definition) is 0. The van der Waals surface area contributed by atoms with Gasteiger partial charge in [-0.15, -0.1) is 0 Å². The zero-order valence-electron chi connectivity index (χ0n) is 11.6. The molecule has 112 valence electrons. The van der Waals surface area contributed by atoms with Crippen molar-refractivity contribution in [3.05, 3.63) is 54.2 Å². The van der Waals surface area contributed by atoms with Crippen molar-refractivity contribution in [1.29, 1.82) is 0 Å². The molecule has 0 aliphatic heterocycles. The Kier molecular flexibility index (Phi) is 3.44. The maximum absolute atomic E-state index is 12.9. The second-order valence-electron chi connectivity index (χ2n) is 4.65. The van der Waals surface area contributed by atoms with Crippen molar-refractivity contribution in [1.82, 2.24) is 9.97 Å². The lowest BCUT2D eigenvalue weighted by Gasteiger charge is -2.10. The Labute approximate surface area is 124 Å². The first-order valence-corrected chi connectivity index (χ1v) is 6.46. The molecule has 0 N–H and O–H groups in total. The van der Waals surface area contributed by atoms with Crippen LogP contribution < -0.4 is 4.74 Å². The fraction of sp³-hybridized carbons (Fsp3) is 0.125. The lowest BCUT2D eigenvalue weighted by atomic mass is 10.1. The van der Waals surface area contributed by atoms with Crippen molar-refractivity contribution in [2.45, 2.75) is 6.18 Å². The lowest BCUT2D eigenvalue weighted by Crippen LogP contribution is -2.07. The summed E-state index contributed by atoms with van der Waals surface area (Å²) in [4.78, 5) is 8.22. The standard InChI is InChI=1S/C16H11F3N2O/c1-22-11-7-5-10(6-8-11)14-9-20-15-12(16(17,18)19)3-2-4-13(15)21-14/h2-9H,1H3. The summed E-state index contributed by atoms with van der Waals surface area (Å²) in [6.07, 6.45) is -3.10. The van der Waals surface area contributed by atoms with Gasteiger partial charge in [0.1, 0.15) is 11.3 Å². The largest absolute Gasteiger partial charge is 0.497 e. The topological polar surface area (TPSA) is 35.0 Å². The van der Waals surface area contributed by atoms with Crippen LogP contribution in [0.4, 0.5) is 13.2 Å². The van der Waals surface area contributed by atoms with Gasteiger partial charge in [-0.1, -0.05) is 6.07 Å². The van der Waals surface area contributed by atoms with Gasteiger partial charge in [-0.2, -0.15) is 13.2 Å². The van der Waals surface area contributed by atoms with E-state index in [0.29, 0.717) is 11.4 Å². The maximum atomic E-state index is 12.9. The highest BCUT2D eigenvalue weighted by atomic mass is 19.4. The minimum Gasteiger partial charge on any atom is -0.497 e. The summed E-state index contributed by atoms with van der Waals surface area (Å²) in [6.45, 7) is 0. The Morgan fingerprint density at radius 1 is 1.00 bits per heavy atom. The Morgan fingerprint density at radius 2 is 1.73 bits per heavy atom. The monoisotopic (exact) mass is 304 g/mol. The van der Waals surface area contributed by atoms with Crippen LogP contribution in [0.5, 0.6) is 5.75 Å². The Morgan fingerprint density at radius 3 is 2.36 bits per heavy atom. The molecule has 2 aromatic carbocycles. The zero-order chi connectivity index (χ0) is 15.7. The number of aromatic nitrogens is 2. The molecule has 0 spiro atoms. The first-order chi connectivity index (χ1) is 10.5. The van der Waals surface area contributed by atoms with Gasteiger partial charge in [0.25, 0.3) is 0 Å². The zero-order valence-corrected chi connectivity index (χ0v) is 11.6. The van der Waals surface area contributed by atoms with Crippen LogP contribution >= 0.6 is 0 Å². The number of benzene rings is 2. The molecular weight excluding hydrogens is 293 g/mol. The van der Waals surface area contributed by atoms with Crippen LogP contribution in [-0.4, -0.2) is 17.1 Å². The molecule has 1 aromatic heterocycles. The third-order valence-electron chi connectivity index (χ3n) is 3.26. The van der Waals surface area contributed by atoms with E-state index in [2.05, 4.69) is 9.97 Å². The quantitative estimate of drug-likeness (QED) is 0.707. The first kappa shape index (κ1) is 14.3. The minimum atomic E-state index is -4.45. The smallest absolute Gasteiger partial charge is 0.418 e. The average Bonchev–Trinajstić information content (AvgIpc) is 2.53. The molecule has 0 aliphatic carbocycles. The van der Waals surface area contributed by atoms with E-state index in [1.54, 1.807) is 31.4 Å². The van der Waals surface area contributed by atoms with Crippen LogP contribution in [0.3, 0.4) is 0 Å². The number of fused-ring (bicyclic) bond motifs is 1. The van der Waals surface area contributed by atoms with Gasteiger partial charge >= 0.3 is 6.18 Å². The van der Waals surface area contributed by atoms with E-state index >= 15 is 0 Å². The fourth-order valence-corrected chi connectivity index (χ4v) is 2.17. The highest BCUT2D eigenvalue weighted by molar-refractivity contribution is 5.80. The van der Waals surface area contributed by atoms with E-state index in [0.717, 1.165) is 11.6 Å². The summed E-state index contributed by atoms with van der Waals surface area (Å²) in [5, 5.41) is 0. The molecule has 1 heterocycles. The number of ether oxygens (including phenoxy) is 1. The maximum Gasteiger partial charge on any atom is 0.418 e. The summed E-state index contributed by atoms with van der Waals surface area (Å²) in [5.74, 6) is 0.692. The van der Waals surface area contributed by atoms with Crippen LogP contribution in [0.2, 0.25) is 0 Å². The number of para-hydroxylation sites is 1. The molecule has 0 amide bonds. The van der Waals surface area contributed by atoms with Crippen LogP contribution in [0, 0.1) is 0 Å². The minimum absolute atomic E-state index is 0.146. The Hall–Kier alpha value is -2.63. The number of halogens is 3. The molecule has 3 nitrogen and oxygen atoms in total. The Bertz CT molecular complexity index is 814. The highest BCUT2D eigenvalue weighted by Gasteiger charge is 2.33. The van der Waals surface area contributed by atoms with Crippen molar-refractivity contribution in [2.75, 3.05) is 7.11 Å². The predicted molar refractivity (Wildman–Crippen MR) is 76.5 cm³/mol. The van der Waals surface area contributed by atoms with Gasteiger partial charge in [0.05, 0.1) is 30.1 Å². The van der Waals surface area contributed by atoms with Crippen LogP contribution in [0.1, 0.15) is 5.56 Å². The molecule has 0 bridgehead atoms. The number of rotatable bonds is 2. The molecule has 0 saturated heterocycles. The fourth-order valence-electron chi connectivity index (χ4n) is 2.17. The number of methoxy groups -OCH3 is 1. The van der Waals surface area contributed by atoms with Gasteiger partial charge in [0, 0.05) is 5.56 Å². The summed E-state index contributed by atoms with van der Waals surface area (Å²) in [6, 6.07) is 10.9. The van der Waals surface area contributed by atoms with Crippen LogP contribution in [0.15, 0.2) is 48.7 Å². The van der Waals surface area contributed by atoms with Gasteiger partial charge in [-0.3, -0.25) is 4.98 Å². The third kappa shape index (κ3) is 2.59. The molecule has 0 fully saturated rings. The average molecular weight is 304 g/mol. The van der Waals surface area contributed by atoms with E-state index in [1.807, 2.05) is 0 Å². The van der Waals surface area contributed by atoms with Crippen LogP contribution in [0.25, 0.3) is 22.3 Å². The second kappa shape index (κ2) is 5.29. The number of alkyl halides is 3. The summed E-state index contributed by atoms with van der Waals surface area (Å²) < 4.78 is 43.9. The van der Waals surface area contributed by atoms with Gasteiger partial charge in [0.15, 0.2) is 0 Å². The highest BCUT2D eigenvalue weighted by Crippen LogP contribution is 2.33. The van der Waals surface area contributed by atoms with Crippen LogP contribution in [-0.2, 0) is 6.18 Å². The molecule has 3 aromatic rings. The molecule has 22 heavy (non-hydrogen) atoms. The molecule has 0 aliphatic rings. The molecular formula is C16H11F3N2O. The normalized spacial score (nSPS) is 11.6. The third-order valence-corrected chi connectivity index (χ3v) is 3.26. The molecule has 0 atom stereocenters.